The fourth-order valence-electron chi connectivity index (χ4n) is 2.04. The van der Waals surface area contributed by atoms with E-state index in [1.165, 1.54) is 0 Å². The maximum absolute atomic E-state index is 11.3. The molecule has 1 aromatic rings. The van der Waals surface area contributed by atoms with Gasteiger partial charge in [-0.2, -0.15) is 0 Å². The Morgan fingerprint density at radius 2 is 2.42 bits per heavy atom. The lowest BCUT2D eigenvalue weighted by molar-refractivity contribution is -0.120. The van der Waals surface area contributed by atoms with Crippen LogP contribution in [0.5, 0.6) is 0 Å². The normalized spacial score (nSPS) is 18.0. The van der Waals surface area contributed by atoms with Gasteiger partial charge in [0.1, 0.15) is 0 Å². The molecule has 0 aliphatic carbocycles. The third-order valence-electron chi connectivity index (χ3n) is 3.24. The molecule has 1 unspecified atom stereocenters. The molecule has 6 heteroatoms. The maximum Gasteiger partial charge on any atom is 0.221 e. The van der Waals surface area contributed by atoms with Crippen LogP contribution in [0.25, 0.3) is 0 Å². The lowest BCUT2D eigenvalue weighted by Gasteiger charge is -2.18. The minimum atomic E-state index is 0.136. The maximum atomic E-state index is 11.3. The first-order chi connectivity index (χ1) is 9.20. The van der Waals surface area contributed by atoms with Crippen LogP contribution in [0.3, 0.4) is 0 Å². The lowest BCUT2D eigenvalue weighted by Crippen LogP contribution is -2.28. The number of carbonyl (C=O) groups is 1. The van der Waals surface area contributed by atoms with Crippen LogP contribution in [0, 0.1) is 0 Å². The second-order valence-electron chi connectivity index (χ2n) is 4.82. The van der Waals surface area contributed by atoms with E-state index in [9.17, 15) is 4.79 Å². The molecule has 0 spiro atoms. The Kier molecular flexibility index (Phi) is 5.15. The smallest absolute Gasteiger partial charge is 0.221 e. The number of carbonyl (C=O) groups excluding carboxylic acids is 1. The van der Waals surface area contributed by atoms with Crippen molar-refractivity contribution in [3.05, 3.63) is 11.1 Å². The van der Waals surface area contributed by atoms with Gasteiger partial charge in [0.05, 0.1) is 5.69 Å². The van der Waals surface area contributed by atoms with E-state index < -0.39 is 0 Å². The molecule has 1 aliphatic rings. The molecule has 19 heavy (non-hydrogen) atoms. The summed E-state index contributed by atoms with van der Waals surface area (Å²) < 4.78 is 0. The van der Waals surface area contributed by atoms with Crippen molar-refractivity contribution in [1.29, 1.82) is 0 Å². The number of aromatic nitrogens is 1. The number of thiazole rings is 1. The van der Waals surface area contributed by atoms with Gasteiger partial charge in [-0.15, -0.1) is 11.3 Å². The number of nitrogens with zero attached hydrogens (tertiary/aromatic N) is 2. The molecular formula is C13H22N4OS. The highest BCUT2D eigenvalue weighted by Crippen LogP contribution is 2.24. The predicted molar refractivity (Wildman–Crippen MR) is 78.7 cm³/mol. The van der Waals surface area contributed by atoms with Gasteiger partial charge in [-0.1, -0.05) is 6.92 Å². The van der Waals surface area contributed by atoms with Crippen molar-refractivity contribution in [2.24, 2.45) is 0 Å². The number of rotatable bonds is 5. The first-order valence-corrected chi connectivity index (χ1v) is 7.79. The van der Waals surface area contributed by atoms with Crippen molar-refractivity contribution in [3.63, 3.8) is 0 Å². The summed E-state index contributed by atoms with van der Waals surface area (Å²) in [5.41, 5.74) is 1.09. The Bertz CT molecular complexity index is 421. The molecule has 0 radical (unpaired) electrons. The third kappa shape index (κ3) is 3.91. The van der Waals surface area contributed by atoms with Crippen LogP contribution >= 0.6 is 11.3 Å². The standard InChI is InChI=1S/C13H22N4OS/c1-3-5-14-10(2)11-9-19-13(16-11)17-7-4-12(18)15-6-8-17/h9-10,14H,3-8H2,1-2H3,(H,15,18). The number of anilines is 1. The van der Waals surface area contributed by atoms with E-state index in [2.05, 4.69) is 34.8 Å². The highest BCUT2D eigenvalue weighted by atomic mass is 32.1. The first kappa shape index (κ1) is 14.3. The van der Waals surface area contributed by atoms with Crippen molar-refractivity contribution in [2.75, 3.05) is 31.1 Å². The molecule has 2 rings (SSSR count). The average molecular weight is 282 g/mol. The molecule has 1 aromatic heterocycles. The molecule has 106 valence electrons. The summed E-state index contributed by atoms with van der Waals surface area (Å²) >= 11 is 1.66. The Balaban J connectivity index is 1.97. The molecule has 1 fully saturated rings. The van der Waals surface area contributed by atoms with Crippen LogP contribution < -0.4 is 15.5 Å². The van der Waals surface area contributed by atoms with Gasteiger partial charge in [-0.3, -0.25) is 4.79 Å². The Morgan fingerprint density at radius 3 is 3.21 bits per heavy atom. The molecule has 0 saturated carbocycles. The van der Waals surface area contributed by atoms with Gasteiger partial charge >= 0.3 is 0 Å². The predicted octanol–water partition coefficient (Wildman–Crippen LogP) is 1.53. The molecule has 2 N–H and O–H groups in total. The van der Waals surface area contributed by atoms with E-state index in [1.807, 2.05) is 0 Å². The zero-order valence-corrected chi connectivity index (χ0v) is 12.4. The van der Waals surface area contributed by atoms with E-state index in [1.54, 1.807) is 11.3 Å². The molecule has 1 saturated heterocycles. The van der Waals surface area contributed by atoms with Crippen LogP contribution in [0.1, 0.15) is 38.4 Å². The van der Waals surface area contributed by atoms with E-state index in [-0.39, 0.29) is 11.9 Å². The van der Waals surface area contributed by atoms with E-state index in [4.69, 9.17) is 4.98 Å². The minimum Gasteiger partial charge on any atom is -0.354 e. The van der Waals surface area contributed by atoms with Gasteiger partial charge in [-0.05, 0) is 19.9 Å². The second-order valence-corrected chi connectivity index (χ2v) is 5.65. The van der Waals surface area contributed by atoms with Crippen LogP contribution in [-0.2, 0) is 4.79 Å². The van der Waals surface area contributed by atoms with Crippen LogP contribution in [0.4, 0.5) is 5.13 Å². The van der Waals surface area contributed by atoms with Gasteiger partial charge in [0.25, 0.3) is 0 Å². The highest BCUT2D eigenvalue weighted by Gasteiger charge is 2.17. The molecule has 5 nitrogen and oxygen atoms in total. The molecule has 1 aliphatic heterocycles. The summed E-state index contributed by atoms with van der Waals surface area (Å²) in [6, 6.07) is 0.289. The summed E-state index contributed by atoms with van der Waals surface area (Å²) in [5.74, 6) is 0.136. The van der Waals surface area contributed by atoms with Crippen LogP contribution in [-0.4, -0.2) is 37.1 Å². The van der Waals surface area contributed by atoms with Crippen LogP contribution in [0.15, 0.2) is 5.38 Å². The van der Waals surface area contributed by atoms with Gasteiger partial charge in [0.15, 0.2) is 5.13 Å². The first-order valence-electron chi connectivity index (χ1n) is 6.91. The van der Waals surface area contributed by atoms with Crippen molar-refractivity contribution in [3.8, 4) is 0 Å². The molecule has 2 heterocycles. The van der Waals surface area contributed by atoms with Gasteiger partial charge < -0.3 is 15.5 Å². The zero-order chi connectivity index (χ0) is 13.7. The topological polar surface area (TPSA) is 57.3 Å². The summed E-state index contributed by atoms with van der Waals surface area (Å²) in [6.07, 6.45) is 1.68. The Morgan fingerprint density at radius 1 is 1.58 bits per heavy atom. The Hall–Kier alpha value is -1.14. The summed E-state index contributed by atoms with van der Waals surface area (Å²) in [4.78, 5) is 18.2. The van der Waals surface area contributed by atoms with E-state index in [0.717, 1.165) is 36.9 Å². The van der Waals surface area contributed by atoms with Crippen molar-refractivity contribution in [2.45, 2.75) is 32.7 Å². The van der Waals surface area contributed by atoms with Crippen molar-refractivity contribution < 1.29 is 4.79 Å². The molecule has 1 atom stereocenters. The summed E-state index contributed by atoms with van der Waals surface area (Å²) in [6.45, 7) is 7.62. The van der Waals surface area contributed by atoms with Crippen LogP contribution in [0.2, 0.25) is 0 Å². The van der Waals surface area contributed by atoms with Gasteiger partial charge in [-0.25, -0.2) is 4.98 Å². The molecule has 0 bridgehead atoms. The van der Waals surface area contributed by atoms with Crippen molar-refractivity contribution >= 4 is 22.4 Å². The number of nitrogens with one attached hydrogen (secondary N) is 2. The fourth-order valence-corrected chi connectivity index (χ4v) is 3.02. The number of hydrogen-bond donors (Lipinski definition) is 2. The van der Waals surface area contributed by atoms with E-state index in [0.29, 0.717) is 13.0 Å². The van der Waals surface area contributed by atoms with Crippen molar-refractivity contribution in [1.82, 2.24) is 15.6 Å². The molecule has 0 aromatic carbocycles. The minimum absolute atomic E-state index is 0.136. The second kappa shape index (κ2) is 6.86. The number of hydrogen-bond acceptors (Lipinski definition) is 5. The molecular weight excluding hydrogens is 260 g/mol. The summed E-state index contributed by atoms with van der Waals surface area (Å²) in [5, 5.41) is 9.47. The van der Waals surface area contributed by atoms with Gasteiger partial charge in [0.2, 0.25) is 5.91 Å². The molecule has 1 amide bonds. The highest BCUT2D eigenvalue weighted by molar-refractivity contribution is 7.13. The summed E-state index contributed by atoms with van der Waals surface area (Å²) in [7, 11) is 0. The quantitative estimate of drug-likeness (QED) is 0.860. The monoisotopic (exact) mass is 282 g/mol. The largest absolute Gasteiger partial charge is 0.354 e. The lowest BCUT2D eigenvalue weighted by atomic mass is 10.2. The average Bonchev–Trinajstić information content (AvgIpc) is 2.80. The number of amides is 1. The zero-order valence-electron chi connectivity index (χ0n) is 11.6. The SMILES string of the molecule is CCCNC(C)c1csc(N2CCNC(=O)CC2)n1. The fraction of sp³-hybridized carbons (Fsp3) is 0.692. The van der Waals surface area contributed by atoms with E-state index >= 15 is 0 Å². The Labute approximate surface area is 118 Å². The van der Waals surface area contributed by atoms with Gasteiger partial charge in [0, 0.05) is 37.5 Å². The third-order valence-corrected chi connectivity index (χ3v) is 4.16.